The van der Waals surface area contributed by atoms with E-state index in [9.17, 15) is 0 Å². The summed E-state index contributed by atoms with van der Waals surface area (Å²) in [6.45, 7) is 7.71. The van der Waals surface area contributed by atoms with Gasteiger partial charge in [-0.05, 0) is 19.9 Å². The zero-order chi connectivity index (χ0) is 9.31. The van der Waals surface area contributed by atoms with Crippen LogP contribution in [0, 0.1) is 0 Å². The summed E-state index contributed by atoms with van der Waals surface area (Å²) >= 11 is 0. The fourth-order valence-corrected chi connectivity index (χ4v) is 2.11. The van der Waals surface area contributed by atoms with Crippen LogP contribution in [-0.4, -0.2) is 22.6 Å². The van der Waals surface area contributed by atoms with E-state index < -0.39 is 0 Å². The number of rotatable bonds is 2. The lowest BCUT2D eigenvalue weighted by atomic mass is 9.86. The third-order valence-electron chi connectivity index (χ3n) is 3.04. The molecule has 1 atom stereocenters. The van der Waals surface area contributed by atoms with Gasteiger partial charge in [-0.25, -0.2) is 4.98 Å². The van der Waals surface area contributed by atoms with E-state index in [-0.39, 0.29) is 0 Å². The number of aromatic nitrogens is 2. The largest absolute Gasteiger partial charge is 0.334 e. The maximum absolute atomic E-state index is 4.22. The van der Waals surface area contributed by atoms with Crippen molar-refractivity contribution in [2.45, 2.75) is 32.2 Å². The zero-order valence-electron chi connectivity index (χ0n) is 8.38. The normalized spacial score (nSPS) is 28.2. The van der Waals surface area contributed by atoms with Gasteiger partial charge in [0.15, 0.2) is 0 Å². The quantitative estimate of drug-likeness (QED) is 0.738. The Kier molecular flexibility index (Phi) is 2.12. The van der Waals surface area contributed by atoms with Gasteiger partial charge in [0.05, 0.1) is 6.33 Å². The Morgan fingerprint density at radius 3 is 3.15 bits per heavy atom. The number of aryl methyl sites for hydroxylation is 1. The van der Waals surface area contributed by atoms with Crippen LogP contribution >= 0.6 is 0 Å². The average Bonchev–Trinajstić information content (AvgIpc) is 2.72. The van der Waals surface area contributed by atoms with Crippen molar-refractivity contribution in [3.8, 4) is 0 Å². The van der Waals surface area contributed by atoms with Crippen LogP contribution in [0.15, 0.2) is 12.5 Å². The third kappa shape index (κ3) is 1.37. The molecule has 1 fully saturated rings. The molecule has 72 valence electrons. The Hall–Kier alpha value is -0.830. The second-order valence-corrected chi connectivity index (χ2v) is 4.05. The van der Waals surface area contributed by atoms with Gasteiger partial charge in [0.25, 0.3) is 0 Å². The van der Waals surface area contributed by atoms with Crippen molar-refractivity contribution >= 4 is 0 Å². The van der Waals surface area contributed by atoms with Gasteiger partial charge >= 0.3 is 0 Å². The smallest absolute Gasteiger partial charge is 0.0948 e. The molecule has 1 aliphatic rings. The van der Waals surface area contributed by atoms with Crippen molar-refractivity contribution in [2.24, 2.45) is 0 Å². The molecule has 1 unspecified atom stereocenters. The minimum absolute atomic E-state index is 0.298. The molecule has 0 bridgehead atoms. The van der Waals surface area contributed by atoms with Crippen molar-refractivity contribution < 1.29 is 0 Å². The van der Waals surface area contributed by atoms with E-state index in [1.165, 1.54) is 12.1 Å². The summed E-state index contributed by atoms with van der Waals surface area (Å²) in [5.74, 6) is 0. The Balaban J connectivity index is 2.32. The molecule has 0 spiro atoms. The Labute approximate surface area is 79.2 Å². The monoisotopic (exact) mass is 179 g/mol. The molecule has 1 aromatic heterocycles. The molecule has 0 aliphatic carbocycles. The minimum atomic E-state index is 0.298. The highest BCUT2D eigenvalue weighted by Gasteiger charge is 2.32. The topological polar surface area (TPSA) is 29.9 Å². The highest BCUT2D eigenvalue weighted by Crippen LogP contribution is 2.29. The van der Waals surface area contributed by atoms with Crippen molar-refractivity contribution in [1.29, 1.82) is 0 Å². The maximum atomic E-state index is 4.22. The lowest BCUT2D eigenvalue weighted by Gasteiger charge is -2.23. The fraction of sp³-hybridized carbons (Fsp3) is 0.700. The predicted molar refractivity (Wildman–Crippen MR) is 52.7 cm³/mol. The van der Waals surface area contributed by atoms with Crippen LogP contribution in [0.1, 0.15) is 26.0 Å². The second kappa shape index (κ2) is 3.14. The first kappa shape index (κ1) is 8.75. The molecule has 13 heavy (non-hydrogen) atoms. The van der Waals surface area contributed by atoms with Gasteiger partial charge in [0.1, 0.15) is 0 Å². The minimum Gasteiger partial charge on any atom is -0.334 e. The highest BCUT2D eigenvalue weighted by atomic mass is 15.1. The standard InChI is InChI=1S/C10H17N3/c1-3-13-8-12-6-9(13)10(2)4-5-11-7-10/h6,8,11H,3-5,7H2,1-2H3. The van der Waals surface area contributed by atoms with Crippen molar-refractivity contribution in [3.05, 3.63) is 18.2 Å². The summed E-state index contributed by atoms with van der Waals surface area (Å²) < 4.78 is 2.24. The molecule has 1 saturated heterocycles. The average molecular weight is 179 g/mol. The molecule has 3 heteroatoms. The van der Waals surface area contributed by atoms with Gasteiger partial charge in [-0.1, -0.05) is 6.92 Å². The van der Waals surface area contributed by atoms with E-state index in [0.29, 0.717) is 5.41 Å². The molecular weight excluding hydrogens is 162 g/mol. The van der Waals surface area contributed by atoms with E-state index in [2.05, 4.69) is 28.7 Å². The number of hydrogen-bond acceptors (Lipinski definition) is 2. The number of imidazole rings is 1. The van der Waals surface area contributed by atoms with E-state index in [1.54, 1.807) is 0 Å². The lowest BCUT2D eigenvalue weighted by molar-refractivity contribution is 0.477. The molecule has 0 saturated carbocycles. The summed E-state index contributed by atoms with van der Waals surface area (Å²) in [4.78, 5) is 4.22. The predicted octanol–water partition coefficient (Wildman–Crippen LogP) is 1.15. The van der Waals surface area contributed by atoms with Crippen molar-refractivity contribution in [1.82, 2.24) is 14.9 Å². The first-order chi connectivity index (χ1) is 6.26. The van der Waals surface area contributed by atoms with E-state index in [4.69, 9.17) is 0 Å². The zero-order valence-corrected chi connectivity index (χ0v) is 8.38. The van der Waals surface area contributed by atoms with Crippen LogP contribution in [0.4, 0.5) is 0 Å². The Bertz CT molecular complexity index is 284. The summed E-state index contributed by atoms with van der Waals surface area (Å²) in [5.41, 5.74) is 1.67. The molecule has 3 nitrogen and oxygen atoms in total. The van der Waals surface area contributed by atoms with Crippen LogP contribution in [0.3, 0.4) is 0 Å². The highest BCUT2D eigenvalue weighted by molar-refractivity contribution is 5.17. The third-order valence-corrected chi connectivity index (χ3v) is 3.04. The van der Waals surface area contributed by atoms with E-state index in [0.717, 1.165) is 19.6 Å². The van der Waals surface area contributed by atoms with Gasteiger partial charge in [-0.2, -0.15) is 0 Å². The lowest BCUT2D eigenvalue weighted by Crippen LogP contribution is -2.27. The van der Waals surface area contributed by atoms with Crippen LogP contribution in [0.5, 0.6) is 0 Å². The first-order valence-corrected chi connectivity index (χ1v) is 4.97. The van der Waals surface area contributed by atoms with Gasteiger partial charge in [0, 0.05) is 30.4 Å². The van der Waals surface area contributed by atoms with Crippen molar-refractivity contribution in [2.75, 3.05) is 13.1 Å². The molecule has 2 heterocycles. The Morgan fingerprint density at radius 2 is 2.54 bits per heavy atom. The molecule has 1 aliphatic heterocycles. The van der Waals surface area contributed by atoms with Gasteiger partial charge in [-0.3, -0.25) is 0 Å². The number of hydrogen-bond donors (Lipinski definition) is 1. The van der Waals surface area contributed by atoms with Crippen molar-refractivity contribution in [3.63, 3.8) is 0 Å². The van der Waals surface area contributed by atoms with Crippen LogP contribution in [0.25, 0.3) is 0 Å². The summed E-state index contributed by atoms with van der Waals surface area (Å²) in [6.07, 6.45) is 5.16. The molecule has 1 aromatic rings. The summed E-state index contributed by atoms with van der Waals surface area (Å²) in [5, 5.41) is 3.41. The molecule has 1 N–H and O–H groups in total. The summed E-state index contributed by atoms with van der Waals surface area (Å²) in [6, 6.07) is 0. The molecule has 0 amide bonds. The SMILES string of the molecule is CCn1cncc1C1(C)CCNC1. The molecular formula is C10H17N3. The second-order valence-electron chi connectivity index (χ2n) is 4.05. The first-order valence-electron chi connectivity index (χ1n) is 4.97. The van der Waals surface area contributed by atoms with E-state index >= 15 is 0 Å². The molecule has 0 radical (unpaired) electrons. The van der Waals surface area contributed by atoms with Gasteiger partial charge in [-0.15, -0.1) is 0 Å². The Morgan fingerprint density at radius 1 is 1.69 bits per heavy atom. The van der Waals surface area contributed by atoms with Gasteiger partial charge in [0.2, 0.25) is 0 Å². The van der Waals surface area contributed by atoms with Crippen LogP contribution < -0.4 is 5.32 Å². The maximum Gasteiger partial charge on any atom is 0.0948 e. The number of nitrogens with one attached hydrogen (secondary N) is 1. The summed E-state index contributed by atoms with van der Waals surface area (Å²) in [7, 11) is 0. The molecule has 0 aromatic carbocycles. The molecule has 2 rings (SSSR count). The van der Waals surface area contributed by atoms with Crippen LogP contribution in [0.2, 0.25) is 0 Å². The van der Waals surface area contributed by atoms with E-state index in [1.807, 2.05) is 12.5 Å². The fourth-order valence-electron chi connectivity index (χ4n) is 2.11. The van der Waals surface area contributed by atoms with Gasteiger partial charge < -0.3 is 9.88 Å². The van der Waals surface area contributed by atoms with Crippen LogP contribution in [-0.2, 0) is 12.0 Å². The number of nitrogens with zero attached hydrogens (tertiary/aromatic N) is 2.